The summed E-state index contributed by atoms with van der Waals surface area (Å²) in [5.74, 6) is -0.624. The van der Waals surface area contributed by atoms with E-state index in [0.717, 1.165) is 13.0 Å². The first kappa shape index (κ1) is 14.7. The summed E-state index contributed by atoms with van der Waals surface area (Å²) in [6, 6.07) is 6.18. The molecular weight excluding hydrogens is 255 g/mol. The van der Waals surface area contributed by atoms with Crippen molar-refractivity contribution in [1.29, 1.82) is 0 Å². The van der Waals surface area contributed by atoms with Crippen molar-refractivity contribution in [2.24, 2.45) is 0 Å². The second-order valence-corrected chi connectivity index (χ2v) is 5.06. The van der Waals surface area contributed by atoms with E-state index in [-0.39, 0.29) is 18.1 Å². The highest BCUT2D eigenvalue weighted by atomic mass is 19.1. The average molecular weight is 276 g/mol. The van der Waals surface area contributed by atoms with Crippen molar-refractivity contribution >= 4 is 11.6 Å². The van der Waals surface area contributed by atoms with Crippen molar-refractivity contribution in [3.8, 4) is 0 Å². The number of nitrogens with one attached hydrogen (secondary N) is 2. The molecule has 2 N–H and O–H groups in total. The van der Waals surface area contributed by atoms with Gasteiger partial charge in [0.05, 0.1) is 12.2 Å². The van der Waals surface area contributed by atoms with Crippen molar-refractivity contribution in [2.75, 3.05) is 18.4 Å². The van der Waals surface area contributed by atoms with Gasteiger partial charge in [-0.25, -0.2) is 4.39 Å². The molecule has 0 heterocycles. The van der Waals surface area contributed by atoms with Crippen LogP contribution in [0.3, 0.4) is 0 Å². The Kier molecular flexibility index (Phi) is 5.74. The van der Waals surface area contributed by atoms with Crippen LogP contribution in [-0.2, 0) is 4.79 Å². The molecule has 20 heavy (non-hydrogen) atoms. The number of carbonyl (C=O) groups excluding carboxylic acids is 1. The number of anilines is 1. The van der Waals surface area contributed by atoms with Gasteiger partial charge in [-0.2, -0.15) is 0 Å². The number of hydrogen-bond acceptors (Lipinski definition) is 2. The largest absolute Gasteiger partial charge is 0.322 e. The minimum Gasteiger partial charge on any atom is -0.322 e. The lowest BCUT2D eigenvalue weighted by Crippen LogP contribution is -2.29. The van der Waals surface area contributed by atoms with Gasteiger partial charge in [-0.3, -0.25) is 4.79 Å². The number of amides is 1. The number of halogens is 1. The van der Waals surface area contributed by atoms with Crippen LogP contribution in [0.1, 0.15) is 32.1 Å². The van der Waals surface area contributed by atoms with Crippen LogP contribution in [0.25, 0.3) is 0 Å². The number of benzene rings is 1. The van der Waals surface area contributed by atoms with E-state index in [1.165, 1.54) is 37.3 Å². The van der Waals surface area contributed by atoms with Gasteiger partial charge < -0.3 is 10.6 Å². The zero-order valence-corrected chi connectivity index (χ0v) is 11.6. The SMILES string of the molecule is O=C(CNCCC1=CCCCC1)Nc1ccccc1F. The van der Waals surface area contributed by atoms with Crippen LogP contribution >= 0.6 is 0 Å². The van der Waals surface area contributed by atoms with Gasteiger partial charge >= 0.3 is 0 Å². The van der Waals surface area contributed by atoms with Crippen LogP contribution in [0.4, 0.5) is 10.1 Å². The third kappa shape index (κ3) is 4.78. The summed E-state index contributed by atoms with van der Waals surface area (Å²) in [5, 5.41) is 5.65. The zero-order chi connectivity index (χ0) is 14.2. The van der Waals surface area contributed by atoms with Crippen molar-refractivity contribution in [1.82, 2.24) is 5.32 Å². The van der Waals surface area contributed by atoms with Crippen molar-refractivity contribution in [3.63, 3.8) is 0 Å². The summed E-state index contributed by atoms with van der Waals surface area (Å²) in [5.41, 5.74) is 1.72. The van der Waals surface area contributed by atoms with Gasteiger partial charge in [0.2, 0.25) is 5.91 Å². The van der Waals surface area contributed by atoms with Crippen molar-refractivity contribution < 1.29 is 9.18 Å². The second kappa shape index (κ2) is 7.80. The molecule has 0 atom stereocenters. The number of rotatable bonds is 6. The third-order valence-electron chi connectivity index (χ3n) is 3.44. The van der Waals surface area contributed by atoms with Crippen LogP contribution in [0.2, 0.25) is 0 Å². The van der Waals surface area contributed by atoms with Gasteiger partial charge in [0.25, 0.3) is 0 Å². The van der Waals surface area contributed by atoms with Crippen molar-refractivity contribution in [2.45, 2.75) is 32.1 Å². The lowest BCUT2D eigenvalue weighted by atomic mass is 9.97. The summed E-state index contributed by atoms with van der Waals surface area (Å²) in [6.07, 6.45) is 8.24. The molecule has 1 aliphatic rings. The first-order valence-electron chi connectivity index (χ1n) is 7.19. The molecule has 0 aromatic heterocycles. The van der Waals surface area contributed by atoms with Crippen LogP contribution in [0, 0.1) is 5.82 Å². The molecule has 0 radical (unpaired) electrons. The second-order valence-electron chi connectivity index (χ2n) is 5.06. The molecule has 0 bridgehead atoms. The quantitative estimate of drug-likeness (QED) is 0.618. The summed E-state index contributed by atoms with van der Waals surface area (Å²) in [6.45, 7) is 0.998. The lowest BCUT2D eigenvalue weighted by Gasteiger charge is -2.13. The summed E-state index contributed by atoms with van der Waals surface area (Å²) >= 11 is 0. The molecular formula is C16H21FN2O. The Hall–Kier alpha value is -1.68. The Morgan fingerprint density at radius 1 is 1.25 bits per heavy atom. The molecule has 0 fully saturated rings. The van der Waals surface area contributed by atoms with Gasteiger partial charge in [-0.15, -0.1) is 0 Å². The molecule has 1 aliphatic carbocycles. The van der Waals surface area contributed by atoms with Crippen molar-refractivity contribution in [3.05, 3.63) is 41.7 Å². The highest BCUT2D eigenvalue weighted by Gasteiger charge is 2.06. The van der Waals surface area contributed by atoms with Gasteiger partial charge in [-0.05, 0) is 50.8 Å². The van der Waals surface area contributed by atoms with Gasteiger partial charge in [0.15, 0.2) is 0 Å². The van der Waals surface area contributed by atoms with E-state index in [1.54, 1.807) is 18.2 Å². The fraction of sp³-hybridized carbons (Fsp3) is 0.438. The maximum Gasteiger partial charge on any atom is 0.238 e. The van der Waals surface area contributed by atoms with Crippen LogP contribution < -0.4 is 10.6 Å². The van der Waals surface area contributed by atoms with E-state index in [9.17, 15) is 9.18 Å². The number of hydrogen-bond donors (Lipinski definition) is 2. The van der Waals surface area contributed by atoms with E-state index in [4.69, 9.17) is 0 Å². The first-order chi connectivity index (χ1) is 9.75. The molecule has 108 valence electrons. The lowest BCUT2D eigenvalue weighted by molar-refractivity contribution is -0.115. The minimum absolute atomic E-state index is 0.210. The maximum atomic E-state index is 13.3. The fourth-order valence-electron chi connectivity index (χ4n) is 2.34. The topological polar surface area (TPSA) is 41.1 Å². The Morgan fingerprint density at radius 3 is 2.85 bits per heavy atom. The molecule has 1 amide bonds. The molecule has 0 saturated heterocycles. The molecule has 0 saturated carbocycles. The molecule has 1 aromatic carbocycles. The predicted octanol–water partition coefficient (Wildman–Crippen LogP) is 3.24. The number of para-hydroxylation sites is 1. The predicted molar refractivity (Wildman–Crippen MR) is 79.1 cm³/mol. The van der Waals surface area contributed by atoms with Crippen LogP contribution in [0.5, 0.6) is 0 Å². The Bertz CT molecular complexity index is 485. The van der Waals surface area contributed by atoms with E-state index < -0.39 is 5.82 Å². The van der Waals surface area contributed by atoms with Gasteiger partial charge in [-0.1, -0.05) is 23.8 Å². The van der Waals surface area contributed by atoms with E-state index in [0.29, 0.717) is 0 Å². The summed E-state index contributed by atoms with van der Waals surface area (Å²) in [7, 11) is 0. The fourth-order valence-corrected chi connectivity index (χ4v) is 2.34. The van der Waals surface area contributed by atoms with Gasteiger partial charge in [0, 0.05) is 0 Å². The van der Waals surface area contributed by atoms with Crippen LogP contribution in [0.15, 0.2) is 35.9 Å². The molecule has 2 rings (SSSR count). The Balaban J connectivity index is 1.65. The molecule has 0 aliphatic heterocycles. The number of allylic oxidation sites excluding steroid dienone is 1. The molecule has 3 nitrogen and oxygen atoms in total. The zero-order valence-electron chi connectivity index (χ0n) is 11.6. The van der Waals surface area contributed by atoms with E-state index >= 15 is 0 Å². The van der Waals surface area contributed by atoms with Crippen LogP contribution in [-0.4, -0.2) is 19.0 Å². The maximum absolute atomic E-state index is 13.3. The summed E-state index contributed by atoms with van der Waals surface area (Å²) in [4.78, 5) is 11.7. The Labute approximate surface area is 119 Å². The molecule has 1 aromatic rings. The molecule has 0 spiro atoms. The minimum atomic E-state index is -0.409. The smallest absolute Gasteiger partial charge is 0.238 e. The third-order valence-corrected chi connectivity index (χ3v) is 3.44. The van der Waals surface area contributed by atoms with Gasteiger partial charge in [0.1, 0.15) is 5.82 Å². The standard InChI is InChI=1S/C16H21FN2O/c17-14-8-4-5-9-15(14)19-16(20)12-18-11-10-13-6-2-1-3-7-13/h4-6,8-9,18H,1-3,7,10-12H2,(H,19,20). The molecule has 0 unspecified atom stereocenters. The van der Waals surface area contributed by atoms with E-state index in [1.807, 2.05) is 0 Å². The average Bonchev–Trinajstić information content (AvgIpc) is 2.47. The molecule has 4 heteroatoms. The Morgan fingerprint density at radius 2 is 2.10 bits per heavy atom. The first-order valence-corrected chi connectivity index (χ1v) is 7.19. The summed E-state index contributed by atoms with van der Waals surface area (Å²) < 4.78 is 13.3. The monoisotopic (exact) mass is 276 g/mol. The normalized spacial score (nSPS) is 14.8. The number of carbonyl (C=O) groups is 1. The highest BCUT2D eigenvalue weighted by molar-refractivity contribution is 5.92. The van der Waals surface area contributed by atoms with E-state index in [2.05, 4.69) is 16.7 Å². The highest BCUT2D eigenvalue weighted by Crippen LogP contribution is 2.19.